The molecule has 0 aromatic heterocycles. The molecule has 0 radical (unpaired) electrons. The van der Waals surface area contributed by atoms with E-state index in [9.17, 15) is 9.90 Å². The van der Waals surface area contributed by atoms with Crippen LogP contribution in [0.4, 0.5) is 0 Å². The molecule has 0 spiro atoms. The number of aliphatic hydroxyl groups excluding tert-OH is 1. The van der Waals surface area contributed by atoms with Gasteiger partial charge in [0, 0.05) is 31.8 Å². The van der Waals surface area contributed by atoms with E-state index in [4.69, 9.17) is 4.74 Å². The second kappa shape index (κ2) is 8.71. The number of aliphatic hydroxyl groups is 1. The maximum Gasteiger partial charge on any atom is 0.319 e. The summed E-state index contributed by atoms with van der Waals surface area (Å²) in [5, 5.41) is 13.0. The molecule has 2 unspecified atom stereocenters. The van der Waals surface area contributed by atoms with Gasteiger partial charge in [0.2, 0.25) is 0 Å². The van der Waals surface area contributed by atoms with Crippen LogP contribution in [0.15, 0.2) is 0 Å². The van der Waals surface area contributed by atoms with Gasteiger partial charge >= 0.3 is 5.97 Å². The highest BCUT2D eigenvalue weighted by Gasteiger charge is 2.29. The van der Waals surface area contributed by atoms with Gasteiger partial charge in [-0.3, -0.25) is 9.69 Å². The number of methoxy groups -OCH3 is 1. The molecule has 0 aromatic carbocycles. The van der Waals surface area contributed by atoms with Gasteiger partial charge in [-0.1, -0.05) is 19.3 Å². The Kier molecular flexibility index (Phi) is 6.93. The molecule has 1 aliphatic carbocycles. The number of hydrogen-bond acceptors (Lipinski definition) is 5. The molecule has 1 saturated carbocycles. The van der Waals surface area contributed by atoms with E-state index in [2.05, 4.69) is 10.2 Å². The summed E-state index contributed by atoms with van der Waals surface area (Å²) in [5.41, 5.74) is 0. The SMILES string of the molecule is COC(=O)CN1CC(CCO)CC(NC2CCCCC2)C1. The van der Waals surface area contributed by atoms with E-state index in [0.29, 0.717) is 24.5 Å². The lowest BCUT2D eigenvalue weighted by Gasteiger charge is -2.39. The molecule has 5 heteroatoms. The molecule has 122 valence electrons. The van der Waals surface area contributed by atoms with Gasteiger partial charge < -0.3 is 15.2 Å². The minimum absolute atomic E-state index is 0.170. The lowest BCUT2D eigenvalue weighted by Crippen LogP contribution is -2.53. The number of ether oxygens (including phenoxy) is 1. The zero-order valence-electron chi connectivity index (χ0n) is 13.2. The summed E-state index contributed by atoms with van der Waals surface area (Å²) in [6, 6.07) is 1.07. The first kappa shape index (κ1) is 16.7. The van der Waals surface area contributed by atoms with Crippen LogP contribution < -0.4 is 5.32 Å². The summed E-state index contributed by atoms with van der Waals surface area (Å²) in [6.07, 6.45) is 8.50. The highest BCUT2D eigenvalue weighted by Crippen LogP contribution is 2.23. The van der Waals surface area contributed by atoms with Crippen molar-refractivity contribution in [3.8, 4) is 0 Å². The summed E-state index contributed by atoms with van der Waals surface area (Å²) in [4.78, 5) is 13.7. The molecule has 2 N–H and O–H groups in total. The van der Waals surface area contributed by atoms with Crippen LogP contribution in [0, 0.1) is 5.92 Å². The monoisotopic (exact) mass is 298 g/mol. The van der Waals surface area contributed by atoms with Crippen molar-refractivity contribution < 1.29 is 14.6 Å². The van der Waals surface area contributed by atoms with Crippen LogP contribution in [0.1, 0.15) is 44.9 Å². The first-order valence-electron chi connectivity index (χ1n) is 8.37. The number of nitrogens with one attached hydrogen (secondary N) is 1. The predicted molar refractivity (Wildman–Crippen MR) is 82.1 cm³/mol. The minimum atomic E-state index is -0.170. The van der Waals surface area contributed by atoms with Crippen LogP contribution >= 0.6 is 0 Å². The van der Waals surface area contributed by atoms with Crippen LogP contribution in [-0.2, 0) is 9.53 Å². The van der Waals surface area contributed by atoms with Crippen LogP contribution in [0.3, 0.4) is 0 Å². The number of piperidine rings is 1. The van der Waals surface area contributed by atoms with Crippen molar-refractivity contribution in [2.24, 2.45) is 5.92 Å². The Bertz CT molecular complexity index is 319. The third kappa shape index (κ3) is 5.57. The van der Waals surface area contributed by atoms with Crippen molar-refractivity contribution in [1.29, 1.82) is 0 Å². The van der Waals surface area contributed by atoms with E-state index in [-0.39, 0.29) is 12.6 Å². The molecule has 2 rings (SSSR count). The maximum atomic E-state index is 11.5. The van der Waals surface area contributed by atoms with E-state index in [1.165, 1.54) is 39.2 Å². The van der Waals surface area contributed by atoms with E-state index >= 15 is 0 Å². The Balaban J connectivity index is 1.87. The fourth-order valence-electron chi connectivity index (χ4n) is 3.79. The van der Waals surface area contributed by atoms with Gasteiger partial charge in [-0.2, -0.15) is 0 Å². The molecule has 1 saturated heterocycles. The molecule has 1 heterocycles. The third-order valence-corrected chi connectivity index (χ3v) is 4.81. The molecule has 0 bridgehead atoms. The van der Waals surface area contributed by atoms with Crippen molar-refractivity contribution in [3.05, 3.63) is 0 Å². The fraction of sp³-hybridized carbons (Fsp3) is 0.938. The van der Waals surface area contributed by atoms with Gasteiger partial charge in [0.05, 0.1) is 13.7 Å². The molecular formula is C16H30N2O3. The predicted octanol–water partition coefficient (Wildman–Crippen LogP) is 1.15. The summed E-state index contributed by atoms with van der Waals surface area (Å²) >= 11 is 0. The number of carbonyl (C=O) groups is 1. The van der Waals surface area contributed by atoms with Crippen LogP contribution in [-0.4, -0.2) is 61.4 Å². The molecule has 1 aliphatic heterocycles. The van der Waals surface area contributed by atoms with E-state index in [0.717, 1.165) is 25.9 Å². The highest BCUT2D eigenvalue weighted by molar-refractivity contribution is 5.71. The van der Waals surface area contributed by atoms with Gasteiger partial charge in [-0.15, -0.1) is 0 Å². The Hall–Kier alpha value is -0.650. The summed E-state index contributed by atoms with van der Waals surface area (Å²) in [5.74, 6) is 0.297. The normalized spacial score (nSPS) is 28.5. The Morgan fingerprint density at radius 3 is 2.67 bits per heavy atom. The number of hydrogen-bond donors (Lipinski definition) is 2. The van der Waals surface area contributed by atoms with Crippen LogP contribution in [0.25, 0.3) is 0 Å². The fourth-order valence-corrected chi connectivity index (χ4v) is 3.79. The van der Waals surface area contributed by atoms with Crippen molar-refractivity contribution in [1.82, 2.24) is 10.2 Å². The lowest BCUT2D eigenvalue weighted by molar-refractivity contribution is -0.142. The van der Waals surface area contributed by atoms with E-state index in [1.54, 1.807) is 0 Å². The summed E-state index contributed by atoms with van der Waals surface area (Å²) < 4.78 is 4.78. The summed E-state index contributed by atoms with van der Waals surface area (Å²) in [6.45, 7) is 2.39. The first-order valence-corrected chi connectivity index (χ1v) is 8.37. The van der Waals surface area contributed by atoms with Gasteiger partial charge in [0.1, 0.15) is 0 Å². The lowest BCUT2D eigenvalue weighted by atomic mass is 9.89. The molecule has 0 aromatic rings. The highest BCUT2D eigenvalue weighted by atomic mass is 16.5. The smallest absolute Gasteiger partial charge is 0.319 e. The van der Waals surface area contributed by atoms with Gasteiger partial charge in [-0.25, -0.2) is 0 Å². The number of likely N-dealkylation sites (tertiary alicyclic amines) is 1. The first-order chi connectivity index (χ1) is 10.2. The Morgan fingerprint density at radius 2 is 2.00 bits per heavy atom. The largest absolute Gasteiger partial charge is 0.468 e. The maximum absolute atomic E-state index is 11.5. The number of rotatable bonds is 6. The zero-order valence-corrected chi connectivity index (χ0v) is 13.2. The molecule has 21 heavy (non-hydrogen) atoms. The second-order valence-electron chi connectivity index (χ2n) is 6.58. The van der Waals surface area contributed by atoms with Crippen molar-refractivity contribution in [3.63, 3.8) is 0 Å². The standard InChI is InChI=1S/C16H30N2O3/c1-21-16(20)12-18-10-13(7-8-19)9-15(11-18)17-14-5-3-2-4-6-14/h13-15,17,19H,2-12H2,1H3. The summed E-state index contributed by atoms with van der Waals surface area (Å²) in [7, 11) is 1.44. The number of esters is 1. The molecule has 2 aliphatic rings. The Morgan fingerprint density at radius 1 is 1.24 bits per heavy atom. The number of nitrogens with zero attached hydrogens (tertiary/aromatic N) is 1. The molecule has 0 amide bonds. The van der Waals surface area contributed by atoms with Gasteiger partial charge in [0.15, 0.2) is 0 Å². The zero-order chi connectivity index (χ0) is 15.1. The third-order valence-electron chi connectivity index (χ3n) is 4.81. The van der Waals surface area contributed by atoms with E-state index in [1.807, 2.05) is 0 Å². The quantitative estimate of drug-likeness (QED) is 0.721. The van der Waals surface area contributed by atoms with Crippen molar-refractivity contribution in [2.45, 2.75) is 57.0 Å². The molecule has 2 atom stereocenters. The topological polar surface area (TPSA) is 61.8 Å². The van der Waals surface area contributed by atoms with Crippen molar-refractivity contribution in [2.75, 3.05) is 33.4 Å². The molecule has 5 nitrogen and oxygen atoms in total. The van der Waals surface area contributed by atoms with Crippen molar-refractivity contribution >= 4 is 5.97 Å². The number of carbonyl (C=O) groups excluding carboxylic acids is 1. The Labute approximate surface area is 128 Å². The van der Waals surface area contributed by atoms with Gasteiger partial charge in [0.25, 0.3) is 0 Å². The second-order valence-corrected chi connectivity index (χ2v) is 6.58. The molecule has 2 fully saturated rings. The van der Waals surface area contributed by atoms with Crippen LogP contribution in [0.2, 0.25) is 0 Å². The van der Waals surface area contributed by atoms with E-state index < -0.39 is 0 Å². The average Bonchev–Trinajstić information content (AvgIpc) is 2.48. The average molecular weight is 298 g/mol. The van der Waals surface area contributed by atoms with Crippen LogP contribution in [0.5, 0.6) is 0 Å². The minimum Gasteiger partial charge on any atom is -0.468 e. The van der Waals surface area contributed by atoms with Gasteiger partial charge in [-0.05, 0) is 31.6 Å². The molecular weight excluding hydrogens is 268 g/mol.